The number of benzene rings is 2. The second kappa shape index (κ2) is 10.9. The van der Waals surface area contributed by atoms with Gasteiger partial charge >= 0.3 is 0 Å². The lowest BCUT2D eigenvalue weighted by Crippen LogP contribution is -2.45. The average molecular weight is 476 g/mol. The molecular formula is C26H29N5O4. The van der Waals surface area contributed by atoms with Crippen molar-refractivity contribution in [2.75, 3.05) is 18.6 Å². The molecule has 2 aromatic carbocycles. The van der Waals surface area contributed by atoms with Gasteiger partial charge in [-0.3, -0.25) is 14.5 Å². The zero-order chi connectivity index (χ0) is 24.8. The number of nitrogens with one attached hydrogen (secondary N) is 1. The summed E-state index contributed by atoms with van der Waals surface area (Å²) in [5, 5.41) is 11.3. The summed E-state index contributed by atoms with van der Waals surface area (Å²) in [6.45, 7) is 4.56. The van der Waals surface area contributed by atoms with Crippen LogP contribution in [0.4, 0.5) is 5.69 Å². The minimum Gasteiger partial charge on any atom is -0.497 e. The minimum atomic E-state index is -1.01. The summed E-state index contributed by atoms with van der Waals surface area (Å²) in [6.07, 6.45) is 2.31. The van der Waals surface area contributed by atoms with Crippen molar-refractivity contribution in [3.63, 3.8) is 0 Å². The number of nitrogens with zero attached hydrogens (tertiary/aromatic N) is 4. The Morgan fingerprint density at radius 3 is 2.54 bits per heavy atom. The number of hydrogen-bond acceptors (Lipinski definition) is 6. The zero-order valence-electron chi connectivity index (χ0n) is 20.0. The normalized spacial score (nSPS) is 12.0. The molecule has 0 aliphatic rings. The van der Waals surface area contributed by atoms with Crippen molar-refractivity contribution in [1.82, 2.24) is 20.3 Å². The van der Waals surface area contributed by atoms with Gasteiger partial charge in [0.25, 0.3) is 5.91 Å². The second-order valence-electron chi connectivity index (χ2n) is 8.59. The molecule has 0 radical (unpaired) electrons. The van der Waals surface area contributed by atoms with Crippen LogP contribution in [-0.4, -0.2) is 40.5 Å². The molecule has 1 unspecified atom stereocenters. The van der Waals surface area contributed by atoms with E-state index in [4.69, 9.17) is 9.15 Å². The number of carbonyl (C=O) groups is 2. The van der Waals surface area contributed by atoms with E-state index in [9.17, 15) is 9.59 Å². The van der Waals surface area contributed by atoms with Gasteiger partial charge in [0.15, 0.2) is 6.04 Å². The van der Waals surface area contributed by atoms with Gasteiger partial charge < -0.3 is 14.5 Å². The van der Waals surface area contributed by atoms with Gasteiger partial charge in [-0.15, -0.1) is 5.10 Å². The summed E-state index contributed by atoms with van der Waals surface area (Å²) >= 11 is 0. The van der Waals surface area contributed by atoms with Crippen LogP contribution < -0.4 is 15.0 Å². The topological polar surface area (TPSA) is 102 Å². The average Bonchev–Trinajstić information content (AvgIpc) is 3.53. The highest BCUT2D eigenvalue weighted by Crippen LogP contribution is 2.30. The highest BCUT2D eigenvalue weighted by atomic mass is 16.5. The van der Waals surface area contributed by atoms with E-state index in [1.54, 1.807) is 43.5 Å². The van der Waals surface area contributed by atoms with Crippen LogP contribution in [0, 0.1) is 5.92 Å². The first-order valence-electron chi connectivity index (χ1n) is 11.5. The van der Waals surface area contributed by atoms with E-state index in [0.29, 0.717) is 35.2 Å². The quantitative estimate of drug-likeness (QED) is 0.372. The zero-order valence-corrected chi connectivity index (χ0v) is 20.0. The number of para-hydroxylation sites is 1. The third-order valence-electron chi connectivity index (χ3n) is 5.66. The molecule has 0 bridgehead atoms. The summed E-state index contributed by atoms with van der Waals surface area (Å²) < 4.78 is 12.4. The summed E-state index contributed by atoms with van der Waals surface area (Å²) in [6, 6.07) is 16.8. The van der Waals surface area contributed by atoms with Gasteiger partial charge in [-0.05, 0) is 60.9 Å². The SMILES string of the molecule is COc1ccc(N(C(=O)Cn2nnc3ccccc32)C(C(=O)NCCC(C)C)c2ccco2)cc1. The van der Waals surface area contributed by atoms with Crippen molar-refractivity contribution in [3.05, 3.63) is 72.7 Å². The molecule has 2 aromatic heterocycles. The van der Waals surface area contributed by atoms with E-state index in [1.807, 2.05) is 24.3 Å². The Morgan fingerprint density at radius 1 is 1.09 bits per heavy atom. The van der Waals surface area contributed by atoms with Crippen molar-refractivity contribution in [2.45, 2.75) is 32.9 Å². The Labute approximate surface area is 203 Å². The molecule has 1 N–H and O–H groups in total. The van der Waals surface area contributed by atoms with Crippen molar-refractivity contribution < 1.29 is 18.7 Å². The molecule has 35 heavy (non-hydrogen) atoms. The van der Waals surface area contributed by atoms with Crippen LogP contribution in [0.5, 0.6) is 5.75 Å². The van der Waals surface area contributed by atoms with Gasteiger partial charge in [0.05, 0.1) is 18.9 Å². The lowest BCUT2D eigenvalue weighted by Gasteiger charge is -2.30. The number of hydrogen-bond donors (Lipinski definition) is 1. The molecule has 0 fully saturated rings. The number of amides is 2. The molecule has 0 aliphatic carbocycles. The summed E-state index contributed by atoms with van der Waals surface area (Å²) in [4.78, 5) is 28.7. The largest absolute Gasteiger partial charge is 0.497 e. The van der Waals surface area contributed by atoms with E-state index in [0.717, 1.165) is 11.9 Å². The predicted molar refractivity (Wildman–Crippen MR) is 132 cm³/mol. The third kappa shape index (κ3) is 5.51. The number of aromatic nitrogens is 3. The molecule has 1 atom stereocenters. The second-order valence-corrected chi connectivity index (χ2v) is 8.59. The van der Waals surface area contributed by atoms with E-state index in [-0.39, 0.29) is 18.4 Å². The Balaban J connectivity index is 1.72. The van der Waals surface area contributed by atoms with E-state index < -0.39 is 6.04 Å². The first kappa shape index (κ1) is 24.0. The highest BCUT2D eigenvalue weighted by Gasteiger charge is 2.35. The van der Waals surface area contributed by atoms with Crippen molar-refractivity contribution in [3.8, 4) is 5.75 Å². The van der Waals surface area contributed by atoms with Gasteiger partial charge in [0.1, 0.15) is 23.6 Å². The minimum absolute atomic E-state index is 0.108. The molecule has 4 aromatic rings. The van der Waals surface area contributed by atoms with E-state index in [2.05, 4.69) is 29.5 Å². The number of furan rings is 1. The Bertz CT molecular complexity index is 1260. The first-order chi connectivity index (χ1) is 17.0. The van der Waals surface area contributed by atoms with Gasteiger partial charge in [-0.25, -0.2) is 4.68 Å². The molecule has 0 saturated heterocycles. The lowest BCUT2D eigenvalue weighted by molar-refractivity contribution is -0.127. The highest BCUT2D eigenvalue weighted by molar-refractivity contribution is 6.01. The number of carbonyl (C=O) groups excluding carboxylic acids is 2. The van der Waals surface area contributed by atoms with Crippen molar-refractivity contribution in [1.29, 1.82) is 0 Å². The van der Waals surface area contributed by atoms with Crippen LogP contribution in [0.3, 0.4) is 0 Å². The molecule has 0 aliphatic heterocycles. The van der Waals surface area contributed by atoms with Crippen LogP contribution >= 0.6 is 0 Å². The number of ether oxygens (including phenoxy) is 1. The maximum Gasteiger partial charge on any atom is 0.251 e. The van der Waals surface area contributed by atoms with E-state index >= 15 is 0 Å². The Morgan fingerprint density at radius 2 is 1.86 bits per heavy atom. The molecule has 9 nitrogen and oxygen atoms in total. The summed E-state index contributed by atoms with van der Waals surface area (Å²) in [5.41, 5.74) is 1.94. The van der Waals surface area contributed by atoms with Crippen molar-refractivity contribution >= 4 is 28.5 Å². The maximum absolute atomic E-state index is 13.8. The lowest BCUT2D eigenvalue weighted by atomic mass is 10.1. The molecule has 182 valence electrons. The molecule has 9 heteroatoms. The molecule has 2 amide bonds. The van der Waals surface area contributed by atoms with Gasteiger partial charge in [0.2, 0.25) is 5.91 Å². The number of anilines is 1. The summed E-state index contributed by atoms with van der Waals surface area (Å²) in [5.74, 6) is 0.760. The van der Waals surface area contributed by atoms with Crippen molar-refractivity contribution in [2.24, 2.45) is 5.92 Å². The van der Waals surface area contributed by atoms with Crippen LogP contribution in [0.15, 0.2) is 71.3 Å². The Hall–Kier alpha value is -4.14. The van der Waals surface area contributed by atoms with Gasteiger partial charge in [-0.2, -0.15) is 0 Å². The first-order valence-corrected chi connectivity index (χ1v) is 11.5. The number of methoxy groups -OCH3 is 1. The standard InChI is InChI=1S/C26H29N5O4/c1-18(2)14-15-27-26(33)25(23-9-6-16-35-23)31(19-10-12-20(34-3)13-11-19)24(32)17-30-22-8-5-4-7-21(22)28-29-30/h4-13,16,18,25H,14-15,17H2,1-3H3,(H,27,33). The maximum atomic E-state index is 13.8. The van der Waals surface area contributed by atoms with Gasteiger partial charge in [-0.1, -0.05) is 31.2 Å². The third-order valence-corrected chi connectivity index (χ3v) is 5.66. The van der Waals surface area contributed by atoms with Crippen LogP contribution in [0.1, 0.15) is 32.1 Å². The smallest absolute Gasteiger partial charge is 0.251 e. The van der Waals surface area contributed by atoms with Crippen LogP contribution in [0.2, 0.25) is 0 Å². The predicted octanol–water partition coefficient (Wildman–Crippen LogP) is 3.97. The molecule has 2 heterocycles. The fraction of sp³-hybridized carbons (Fsp3) is 0.308. The van der Waals surface area contributed by atoms with Gasteiger partial charge in [0, 0.05) is 12.2 Å². The Kier molecular flexibility index (Phi) is 7.45. The fourth-order valence-corrected chi connectivity index (χ4v) is 3.82. The van der Waals surface area contributed by atoms with Crippen LogP contribution in [0.25, 0.3) is 11.0 Å². The molecule has 0 saturated carbocycles. The number of rotatable bonds is 10. The summed E-state index contributed by atoms with van der Waals surface area (Å²) in [7, 11) is 1.57. The monoisotopic (exact) mass is 475 g/mol. The molecule has 0 spiro atoms. The van der Waals surface area contributed by atoms with E-state index in [1.165, 1.54) is 15.8 Å². The molecular weight excluding hydrogens is 446 g/mol. The fourth-order valence-electron chi connectivity index (χ4n) is 3.82. The number of fused-ring (bicyclic) bond motifs is 1. The molecule has 4 rings (SSSR count). The van der Waals surface area contributed by atoms with Crippen LogP contribution in [-0.2, 0) is 16.1 Å².